The molecule has 0 N–H and O–H groups in total. The summed E-state index contributed by atoms with van der Waals surface area (Å²) in [6.07, 6.45) is 4.04. The number of rotatable bonds is 3. The van der Waals surface area contributed by atoms with Gasteiger partial charge in [-0.2, -0.15) is 0 Å². The van der Waals surface area contributed by atoms with Gasteiger partial charge in [-0.3, -0.25) is 4.79 Å². The number of benzene rings is 2. The van der Waals surface area contributed by atoms with E-state index in [0.717, 1.165) is 55.7 Å². The Morgan fingerprint density at radius 2 is 2.04 bits per heavy atom. The molecule has 0 radical (unpaired) electrons. The molecule has 1 amide bonds. The molecule has 0 aromatic heterocycles. The lowest BCUT2D eigenvalue weighted by Crippen LogP contribution is -2.36. The fourth-order valence-corrected chi connectivity index (χ4v) is 3.69. The van der Waals surface area contributed by atoms with Gasteiger partial charge in [0.25, 0.3) is 5.91 Å². The lowest BCUT2D eigenvalue weighted by atomic mass is 10.0. The van der Waals surface area contributed by atoms with E-state index in [1.165, 1.54) is 5.56 Å². The number of hydrogen-bond donors (Lipinski definition) is 0. The van der Waals surface area contributed by atoms with Gasteiger partial charge in [-0.1, -0.05) is 30.3 Å². The SMILES string of the molecule is O=C(c1ccc2c(c1)CCO2)N1CCCC1Cc1ccccc1. The summed E-state index contributed by atoms with van der Waals surface area (Å²) < 4.78 is 5.53. The summed E-state index contributed by atoms with van der Waals surface area (Å²) in [5.41, 5.74) is 3.27. The van der Waals surface area contributed by atoms with Crippen LogP contribution in [-0.2, 0) is 12.8 Å². The summed E-state index contributed by atoms with van der Waals surface area (Å²) in [6.45, 7) is 1.59. The predicted molar refractivity (Wildman–Crippen MR) is 89.8 cm³/mol. The molecule has 0 spiro atoms. The first-order valence-corrected chi connectivity index (χ1v) is 8.42. The molecular weight excluding hydrogens is 286 g/mol. The van der Waals surface area contributed by atoms with E-state index in [1.54, 1.807) is 0 Å². The van der Waals surface area contributed by atoms with Gasteiger partial charge >= 0.3 is 0 Å². The molecule has 2 aromatic carbocycles. The number of likely N-dealkylation sites (tertiary alicyclic amines) is 1. The van der Waals surface area contributed by atoms with Crippen LogP contribution in [0, 0.1) is 0 Å². The van der Waals surface area contributed by atoms with Crippen LogP contribution in [0.5, 0.6) is 5.75 Å². The number of hydrogen-bond acceptors (Lipinski definition) is 2. The maximum absolute atomic E-state index is 12.9. The molecule has 23 heavy (non-hydrogen) atoms. The second kappa shape index (κ2) is 6.07. The van der Waals surface area contributed by atoms with Crippen LogP contribution in [0.2, 0.25) is 0 Å². The van der Waals surface area contributed by atoms with E-state index in [1.807, 2.05) is 24.3 Å². The number of carbonyl (C=O) groups is 1. The molecular formula is C20H21NO2. The van der Waals surface area contributed by atoms with Crippen molar-refractivity contribution >= 4 is 5.91 Å². The first kappa shape index (κ1) is 14.3. The summed E-state index contributed by atoms with van der Waals surface area (Å²) >= 11 is 0. The molecule has 0 bridgehead atoms. The van der Waals surface area contributed by atoms with Crippen molar-refractivity contribution in [2.75, 3.05) is 13.2 Å². The average Bonchev–Trinajstić information content (AvgIpc) is 3.23. The fraction of sp³-hybridized carbons (Fsp3) is 0.350. The highest BCUT2D eigenvalue weighted by Gasteiger charge is 2.30. The summed E-state index contributed by atoms with van der Waals surface area (Å²) in [5, 5.41) is 0. The van der Waals surface area contributed by atoms with Crippen LogP contribution in [0.1, 0.15) is 34.3 Å². The molecule has 3 nitrogen and oxygen atoms in total. The van der Waals surface area contributed by atoms with Crippen LogP contribution in [0.15, 0.2) is 48.5 Å². The maximum atomic E-state index is 12.9. The third-order valence-electron chi connectivity index (χ3n) is 4.89. The number of ether oxygens (including phenoxy) is 1. The number of carbonyl (C=O) groups excluding carboxylic acids is 1. The van der Waals surface area contributed by atoms with E-state index in [4.69, 9.17) is 4.74 Å². The highest BCUT2D eigenvalue weighted by Crippen LogP contribution is 2.28. The van der Waals surface area contributed by atoms with Gasteiger partial charge in [-0.15, -0.1) is 0 Å². The fourth-order valence-electron chi connectivity index (χ4n) is 3.69. The highest BCUT2D eigenvalue weighted by atomic mass is 16.5. The quantitative estimate of drug-likeness (QED) is 0.869. The van der Waals surface area contributed by atoms with E-state index < -0.39 is 0 Å². The van der Waals surface area contributed by atoms with Crippen molar-refractivity contribution in [3.05, 3.63) is 65.2 Å². The molecule has 118 valence electrons. The van der Waals surface area contributed by atoms with Crippen molar-refractivity contribution in [1.29, 1.82) is 0 Å². The first-order valence-electron chi connectivity index (χ1n) is 8.42. The van der Waals surface area contributed by atoms with Crippen molar-refractivity contribution in [2.24, 2.45) is 0 Å². The maximum Gasteiger partial charge on any atom is 0.254 e. The molecule has 2 heterocycles. The van der Waals surface area contributed by atoms with Crippen LogP contribution >= 0.6 is 0 Å². The van der Waals surface area contributed by atoms with E-state index in [-0.39, 0.29) is 5.91 Å². The smallest absolute Gasteiger partial charge is 0.254 e. The lowest BCUT2D eigenvalue weighted by molar-refractivity contribution is 0.0736. The second-order valence-corrected chi connectivity index (χ2v) is 6.41. The van der Waals surface area contributed by atoms with E-state index >= 15 is 0 Å². The Morgan fingerprint density at radius 3 is 2.91 bits per heavy atom. The Hall–Kier alpha value is -2.29. The van der Waals surface area contributed by atoms with Crippen LogP contribution < -0.4 is 4.74 Å². The Labute approximate surface area is 136 Å². The van der Waals surface area contributed by atoms with Gasteiger partial charge < -0.3 is 9.64 Å². The third kappa shape index (κ3) is 2.83. The molecule has 4 rings (SSSR count). The molecule has 2 aliphatic heterocycles. The van der Waals surface area contributed by atoms with Gasteiger partial charge in [0.2, 0.25) is 0 Å². The number of nitrogens with zero attached hydrogens (tertiary/aromatic N) is 1. The van der Waals surface area contributed by atoms with Crippen molar-refractivity contribution in [3.8, 4) is 5.75 Å². The summed E-state index contributed by atoms with van der Waals surface area (Å²) in [7, 11) is 0. The first-order chi connectivity index (χ1) is 11.3. The Morgan fingerprint density at radius 1 is 1.17 bits per heavy atom. The van der Waals surface area contributed by atoms with E-state index in [2.05, 4.69) is 29.2 Å². The topological polar surface area (TPSA) is 29.5 Å². The normalized spacial score (nSPS) is 19.5. The Balaban J connectivity index is 1.53. The van der Waals surface area contributed by atoms with Gasteiger partial charge in [-0.05, 0) is 48.6 Å². The molecule has 2 aromatic rings. The van der Waals surface area contributed by atoms with Crippen LogP contribution in [0.4, 0.5) is 0 Å². The summed E-state index contributed by atoms with van der Waals surface area (Å²) in [4.78, 5) is 15.0. The van der Waals surface area contributed by atoms with Crippen molar-refractivity contribution in [2.45, 2.75) is 31.7 Å². The minimum Gasteiger partial charge on any atom is -0.493 e. The lowest BCUT2D eigenvalue weighted by Gasteiger charge is -2.25. The highest BCUT2D eigenvalue weighted by molar-refractivity contribution is 5.95. The van der Waals surface area contributed by atoms with Gasteiger partial charge in [-0.25, -0.2) is 0 Å². The van der Waals surface area contributed by atoms with Gasteiger partial charge in [0.05, 0.1) is 6.61 Å². The van der Waals surface area contributed by atoms with Crippen LogP contribution in [-0.4, -0.2) is 30.0 Å². The zero-order chi connectivity index (χ0) is 15.6. The molecule has 1 unspecified atom stereocenters. The molecule has 2 aliphatic rings. The standard InChI is InChI=1S/C20H21NO2/c22-20(17-8-9-19-16(14-17)10-12-23-19)21-11-4-7-18(21)13-15-5-2-1-3-6-15/h1-3,5-6,8-9,14,18H,4,7,10-13H2. The van der Waals surface area contributed by atoms with E-state index in [0.29, 0.717) is 6.04 Å². The number of fused-ring (bicyclic) bond motifs is 1. The van der Waals surface area contributed by atoms with E-state index in [9.17, 15) is 4.79 Å². The molecule has 1 saturated heterocycles. The summed E-state index contributed by atoms with van der Waals surface area (Å²) in [5.74, 6) is 1.10. The zero-order valence-corrected chi connectivity index (χ0v) is 13.2. The monoisotopic (exact) mass is 307 g/mol. The largest absolute Gasteiger partial charge is 0.493 e. The molecule has 1 atom stereocenters. The van der Waals surface area contributed by atoms with Gasteiger partial charge in [0.15, 0.2) is 0 Å². The van der Waals surface area contributed by atoms with Crippen molar-refractivity contribution in [3.63, 3.8) is 0 Å². The van der Waals surface area contributed by atoms with Gasteiger partial charge in [0.1, 0.15) is 5.75 Å². The Kier molecular flexibility index (Phi) is 3.78. The van der Waals surface area contributed by atoms with Gasteiger partial charge in [0, 0.05) is 24.6 Å². The van der Waals surface area contributed by atoms with Crippen LogP contribution in [0.25, 0.3) is 0 Å². The molecule has 1 fully saturated rings. The van der Waals surface area contributed by atoms with Crippen molar-refractivity contribution in [1.82, 2.24) is 4.90 Å². The molecule has 0 saturated carbocycles. The Bertz CT molecular complexity index is 711. The summed E-state index contributed by atoms with van der Waals surface area (Å²) in [6, 6.07) is 16.6. The zero-order valence-electron chi connectivity index (χ0n) is 13.2. The predicted octanol–water partition coefficient (Wildman–Crippen LogP) is 3.47. The molecule has 0 aliphatic carbocycles. The average molecular weight is 307 g/mol. The van der Waals surface area contributed by atoms with Crippen molar-refractivity contribution < 1.29 is 9.53 Å². The molecule has 3 heteroatoms. The van der Waals surface area contributed by atoms with Crippen LogP contribution in [0.3, 0.4) is 0 Å². The second-order valence-electron chi connectivity index (χ2n) is 6.41. The minimum atomic E-state index is 0.165. The third-order valence-corrected chi connectivity index (χ3v) is 4.89. The number of amides is 1. The minimum absolute atomic E-state index is 0.165.